The number of carbonyl (C=O) groups excluding carboxylic acids is 2. The molecule has 1 aliphatic rings. The quantitative estimate of drug-likeness (QED) is 0.417. The van der Waals surface area contributed by atoms with Gasteiger partial charge in [-0.05, 0) is 59.7 Å². The van der Waals surface area contributed by atoms with E-state index < -0.39 is 0 Å². The summed E-state index contributed by atoms with van der Waals surface area (Å²) >= 11 is 0. The highest BCUT2D eigenvalue weighted by atomic mass is 16.5. The number of rotatable bonds is 10. The fourth-order valence-electron chi connectivity index (χ4n) is 4.24. The molecule has 0 fully saturated rings. The van der Waals surface area contributed by atoms with Crippen LogP contribution in [-0.4, -0.2) is 68.5 Å². The van der Waals surface area contributed by atoms with E-state index in [-0.39, 0.29) is 30.9 Å². The lowest BCUT2D eigenvalue weighted by Crippen LogP contribution is -2.42. The minimum atomic E-state index is -0.272. The van der Waals surface area contributed by atoms with Crippen LogP contribution in [0.5, 0.6) is 11.5 Å². The highest BCUT2D eigenvalue weighted by Crippen LogP contribution is 2.33. The Labute approximate surface area is 217 Å². The van der Waals surface area contributed by atoms with Crippen LogP contribution >= 0.6 is 0 Å². The number of carbonyl (C=O) groups is 2. The van der Waals surface area contributed by atoms with Crippen LogP contribution in [0.3, 0.4) is 0 Å². The molecule has 3 aromatic rings. The van der Waals surface area contributed by atoms with Crippen molar-refractivity contribution in [3.63, 3.8) is 0 Å². The van der Waals surface area contributed by atoms with Crippen molar-refractivity contribution in [3.8, 4) is 11.5 Å². The summed E-state index contributed by atoms with van der Waals surface area (Å²) < 4.78 is 15.7. The van der Waals surface area contributed by atoms with Gasteiger partial charge in [-0.1, -0.05) is 30.3 Å². The molecule has 2 amide bonds. The van der Waals surface area contributed by atoms with Crippen LogP contribution in [0.2, 0.25) is 0 Å². The Morgan fingerprint density at radius 2 is 1.51 bits per heavy atom. The zero-order chi connectivity index (χ0) is 26.2. The maximum Gasteiger partial charge on any atom is 0.262 e. The predicted molar refractivity (Wildman–Crippen MR) is 141 cm³/mol. The number of ether oxygens (including phenoxy) is 3. The molecule has 0 N–H and O–H groups in total. The first-order chi connectivity index (χ1) is 18.0. The van der Waals surface area contributed by atoms with Crippen LogP contribution in [0.25, 0.3) is 0 Å². The van der Waals surface area contributed by atoms with E-state index >= 15 is 0 Å². The molecule has 1 atom stereocenters. The Morgan fingerprint density at radius 3 is 2.11 bits per heavy atom. The molecule has 0 saturated heterocycles. The van der Waals surface area contributed by atoms with Crippen molar-refractivity contribution in [2.75, 3.05) is 41.0 Å². The van der Waals surface area contributed by atoms with Crippen LogP contribution in [0.15, 0.2) is 84.0 Å². The number of nitrogens with zero attached hydrogens (tertiary/aromatic N) is 3. The molecule has 4 rings (SSSR count). The number of hydrazone groups is 1. The monoisotopic (exact) mass is 501 g/mol. The number of methoxy groups -OCH3 is 3. The summed E-state index contributed by atoms with van der Waals surface area (Å²) in [6.07, 6.45) is 0.562. The fraction of sp³-hybridized carbons (Fsp3) is 0.276. The maximum absolute atomic E-state index is 13.7. The summed E-state index contributed by atoms with van der Waals surface area (Å²) in [4.78, 5) is 28.5. The third-order valence-electron chi connectivity index (χ3n) is 6.29. The first-order valence-corrected chi connectivity index (χ1v) is 12.0. The minimum absolute atomic E-state index is 0.128. The molecular formula is C29H31N3O5. The first kappa shape index (κ1) is 25.9. The normalized spacial score (nSPS) is 14.7. The van der Waals surface area contributed by atoms with E-state index in [2.05, 4.69) is 0 Å². The van der Waals surface area contributed by atoms with Crippen LogP contribution < -0.4 is 9.47 Å². The average Bonchev–Trinajstić information content (AvgIpc) is 3.41. The lowest BCUT2D eigenvalue weighted by Gasteiger charge is -2.27. The molecule has 0 spiro atoms. The van der Waals surface area contributed by atoms with Crippen molar-refractivity contribution < 1.29 is 23.8 Å². The van der Waals surface area contributed by atoms with Gasteiger partial charge in [0.05, 0.1) is 32.6 Å². The highest BCUT2D eigenvalue weighted by molar-refractivity contribution is 6.03. The largest absolute Gasteiger partial charge is 0.497 e. The van der Waals surface area contributed by atoms with Crippen molar-refractivity contribution in [1.29, 1.82) is 0 Å². The van der Waals surface area contributed by atoms with Gasteiger partial charge in [0.15, 0.2) is 0 Å². The molecule has 0 aliphatic carbocycles. The van der Waals surface area contributed by atoms with Gasteiger partial charge < -0.3 is 19.1 Å². The van der Waals surface area contributed by atoms with Crippen molar-refractivity contribution in [2.45, 2.75) is 12.5 Å². The summed E-state index contributed by atoms with van der Waals surface area (Å²) in [5.74, 6) is 0.873. The Morgan fingerprint density at radius 1 is 0.892 bits per heavy atom. The minimum Gasteiger partial charge on any atom is -0.497 e. The van der Waals surface area contributed by atoms with Crippen LogP contribution in [0.1, 0.15) is 33.9 Å². The lowest BCUT2D eigenvalue weighted by atomic mass is 9.98. The third-order valence-corrected chi connectivity index (χ3v) is 6.29. The van der Waals surface area contributed by atoms with Crippen LogP contribution in [0, 0.1) is 0 Å². The number of hydrogen-bond acceptors (Lipinski definition) is 6. The Bertz CT molecular complexity index is 1230. The second-order valence-electron chi connectivity index (χ2n) is 8.59. The number of amides is 2. The van der Waals surface area contributed by atoms with E-state index in [9.17, 15) is 9.59 Å². The van der Waals surface area contributed by atoms with Gasteiger partial charge in [0.25, 0.3) is 11.8 Å². The van der Waals surface area contributed by atoms with E-state index in [0.717, 1.165) is 22.6 Å². The van der Waals surface area contributed by atoms with Gasteiger partial charge in [0, 0.05) is 25.6 Å². The molecule has 0 aromatic heterocycles. The molecule has 8 nitrogen and oxygen atoms in total. The zero-order valence-corrected chi connectivity index (χ0v) is 21.3. The zero-order valence-electron chi connectivity index (χ0n) is 21.3. The van der Waals surface area contributed by atoms with E-state index in [1.807, 2.05) is 54.6 Å². The second kappa shape index (κ2) is 12.2. The van der Waals surface area contributed by atoms with Crippen molar-refractivity contribution in [1.82, 2.24) is 9.91 Å². The average molecular weight is 502 g/mol. The highest BCUT2D eigenvalue weighted by Gasteiger charge is 2.34. The van der Waals surface area contributed by atoms with Gasteiger partial charge in [0.2, 0.25) is 0 Å². The van der Waals surface area contributed by atoms with Crippen molar-refractivity contribution in [3.05, 3.63) is 95.6 Å². The molecule has 8 heteroatoms. The van der Waals surface area contributed by atoms with Gasteiger partial charge in [-0.3, -0.25) is 9.59 Å². The molecule has 0 unspecified atom stereocenters. The van der Waals surface area contributed by atoms with Gasteiger partial charge in [-0.15, -0.1) is 0 Å². The van der Waals surface area contributed by atoms with Gasteiger partial charge in [-0.2, -0.15) is 5.10 Å². The lowest BCUT2D eigenvalue weighted by molar-refractivity contribution is -0.133. The molecule has 37 heavy (non-hydrogen) atoms. The van der Waals surface area contributed by atoms with Gasteiger partial charge >= 0.3 is 0 Å². The Kier molecular flexibility index (Phi) is 8.53. The van der Waals surface area contributed by atoms with Crippen LogP contribution in [-0.2, 0) is 9.53 Å². The molecular weight excluding hydrogens is 470 g/mol. The number of hydrogen-bond donors (Lipinski definition) is 0. The summed E-state index contributed by atoms with van der Waals surface area (Å²) in [6, 6.07) is 24.0. The molecule has 1 heterocycles. The Hall–Kier alpha value is -4.17. The standard InChI is InChI=1S/C29H31N3O5/c1-35-18-17-31(29(34)23-11-15-25(37-3)16-12-23)20-28(33)32-27(22-7-5-4-6-8-22)19-26(30-32)21-9-13-24(36-2)14-10-21/h4-16,27H,17-20H2,1-3H3/t27-/m0/s1. The SMILES string of the molecule is COCCN(CC(=O)N1N=C(c2ccc(OC)cc2)C[C@H]1c1ccccc1)C(=O)c1ccc(OC)cc1. The Balaban J connectivity index is 1.60. The smallest absolute Gasteiger partial charge is 0.262 e. The molecule has 1 aliphatic heterocycles. The van der Waals surface area contributed by atoms with Crippen molar-refractivity contribution >= 4 is 17.5 Å². The molecule has 0 bridgehead atoms. The van der Waals surface area contributed by atoms with Gasteiger partial charge in [-0.25, -0.2) is 5.01 Å². The second-order valence-corrected chi connectivity index (χ2v) is 8.59. The third kappa shape index (κ3) is 6.16. The topological polar surface area (TPSA) is 80.7 Å². The molecule has 0 saturated carbocycles. The predicted octanol–water partition coefficient (Wildman–Crippen LogP) is 4.17. The van der Waals surface area contributed by atoms with E-state index in [0.29, 0.717) is 24.3 Å². The fourth-order valence-corrected chi connectivity index (χ4v) is 4.24. The molecule has 0 radical (unpaired) electrons. The maximum atomic E-state index is 13.7. The summed E-state index contributed by atoms with van der Waals surface area (Å²) in [5, 5.41) is 6.24. The first-order valence-electron chi connectivity index (χ1n) is 12.0. The van der Waals surface area contributed by atoms with Crippen molar-refractivity contribution in [2.24, 2.45) is 5.10 Å². The van der Waals surface area contributed by atoms with E-state index in [1.165, 1.54) is 9.91 Å². The molecule has 192 valence electrons. The van der Waals surface area contributed by atoms with Crippen LogP contribution in [0.4, 0.5) is 0 Å². The summed E-state index contributed by atoms with van der Waals surface area (Å²) in [7, 11) is 4.76. The molecule has 3 aromatic carbocycles. The van der Waals surface area contributed by atoms with E-state index in [4.69, 9.17) is 19.3 Å². The summed E-state index contributed by atoms with van der Waals surface area (Å²) in [6.45, 7) is 0.445. The number of benzene rings is 3. The van der Waals surface area contributed by atoms with Gasteiger partial charge in [0.1, 0.15) is 18.0 Å². The summed E-state index contributed by atoms with van der Waals surface area (Å²) in [5.41, 5.74) is 3.17. The van der Waals surface area contributed by atoms with E-state index in [1.54, 1.807) is 45.6 Å².